The largest absolute Gasteiger partial charge is 0.370 e. The molecular weight excluding hydrogens is 256 g/mol. The standard InChI is InChI=1S/C9H16N6O2S/c10-9-13-7(3-8(14-9)15-11)12-4-6-1-2-18(16,17)5-6/h3,6H,1-2,4-5,11H2,(H4,10,12,13,14,15). The Labute approximate surface area is 105 Å². The molecule has 0 spiro atoms. The molecule has 1 saturated heterocycles. The first-order valence-corrected chi connectivity index (χ1v) is 7.36. The Bertz CT molecular complexity index is 532. The number of sulfone groups is 1. The maximum atomic E-state index is 11.3. The fourth-order valence-electron chi connectivity index (χ4n) is 1.91. The smallest absolute Gasteiger partial charge is 0.223 e. The average Bonchev–Trinajstić information content (AvgIpc) is 2.65. The highest BCUT2D eigenvalue weighted by Gasteiger charge is 2.27. The van der Waals surface area contributed by atoms with Crippen LogP contribution in [0.1, 0.15) is 6.42 Å². The van der Waals surface area contributed by atoms with Gasteiger partial charge >= 0.3 is 0 Å². The van der Waals surface area contributed by atoms with Crippen LogP contribution in [-0.4, -0.2) is 36.4 Å². The summed E-state index contributed by atoms with van der Waals surface area (Å²) in [6, 6.07) is 1.61. The topological polar surface area (TPSA) is 136 Å². The molecule has 1 fully saturated rings. The van der Waals surface area contributed by atoms with Gasteiger partial charge < -0.3 is 16.5 Å². The first-order valence-electron chi connectivity index (χ1n) is 5.54. The van der Waals surface area contributed by atoms with Crippen molar-refractivity contribution in [3.63, 3.8) is 0 Å². The molecule has 18 heavy (non-hydrogen) atoms. The Balaban J connectivity index is 1.96. The lowest BCUT2D eigenvalue weighted by Crippen LogP contribution is -2.17. The van der Waals surface area contributed by atoms with E-state index < -0.39 is 9.84 Å². The lowest BCUT2D eigenvalue weighted by atomic mass is 10.1. The van der Waals surface area contributed by atoms with Crippen molar-refractivity contribution in [1.82, 2.24) is 9.97 Å². The third kappa shape index (κ3) is 3.20. The van der Waals surface area contributed by atoms with Gasteiger partial charge in [-0.25, -0.2) is 14.3 Å². The van der Waals surface area contributed by atoms with E-state index in [0.29, 0.717) is 24.6 Å². The first kappa shape index (κ1) is 12.8. The predicted molar refractivity (Wildman–Crippen MR) is 69.5 cm³/mol. The minimum atomic E-state index is -2.85. The summed E-state index contributed by atoms with van der Waals surface area (Å²) in [4.78, 5) is 7.84. The van der Waals surface area contributed by atoms with Gasteiger partial charge in [0, 0.05) is 12.6 Å². The van der Waals surface area contributed by atoms with E-state index in [1.165, 1.54) is 0 Å². The molecule has 0 radical (unpaired) electrons. The van der Waals surface area contributed by atoms with E-state index in [9.17, 15) is 8.42 Å². The SMILES string of the molecule is NNc1cc(NCC2CCS(=O)(=O)C2)nc(N)n1. The summed E-state index contributed by atoms with van der Waals surface area (Å²) in [5.74, 6) is 6.88. The number of nitrogen functional groups attached to an aromatic ring is 2. The summed E-state index contributed by atoms with van der Waals surface area (Å²) in [7, 11) is -2.85. The van der Waals surface area contributed by atoms with Gasteiger partial charge in [0.25, 0.3) is 0 Å². The predicted octanol–water partition coefficient (Wildman–Crippen LogP) is -0.809. The number of nitrogens with two attached hydrogens (primary N) is 2. The fraction of sp³-hybridized carbons (Fsp3) is 0.556. The summed E-state index contributed by atoms with van der Waals surface area (Å²) >= 11 is 0. The number of hydrazine groups is 1. The van der Waals surface area contributed by atoms with Crippen LogP contribution in [0.3, 0.4) is 0 Å². The van der Waals surface area contributed by atoms with Crippen molar-refractivity contribution in [3.05, 3.63) is 6.07 Å². The molecule has 0 aliphatic carbocycles. The van der Waals surface area contributed by atoms with Gasteiger partial charge in [-0.15, -0.1) is 0 Å². The second kappa shape index (κ2) is 4.94. The molecule has 0 amide bonds. The number of nitrogens with one attached hydrogen (secondary N) is 2. The van der Waals surface area contributed by atoms with E-state index >= 15 is 0 Å². The Hall–Kier alpha value is -1.61. The third-order valence-corrected chi connectivity index (χ3v) is 4.63. The number of rotatable bonds is 4. The van der Waals surface area contributed by atoms with Gasteiger partial charge in [0.1, 0.15) is 11.6 Å². The normalized spacial score (nSPS) is 21.7. The fourth-order valence-corrected chi connectivity index (χ4v) is 3.77. The second-order valence-corrected chi connectivity index (χ2v) is 6.52. The molecular formula is C9H16N6O2S. The minimum Gasteiger partial charge on any atom is -0.370 e. The zero-order valence-corrected chi connectivity index (χ0v) is 10.6. The monoisotopic (exact) mass is 272 g/mol. The van der Waals surface area contributed by atoms with Gasteiger partial charge in [-0.3, -0.25) is 0 Å². The van der Waals surface area contributed by atoms with Gasteiger partial charge in [-0.2, -0.15) is 9.97 Å². The lowest BCUT2D eigenvalue weighted by molar-refractivity contribution is 0.595. The molecule has 6 N–H and O–H groups in total. The number of aromatic nitrogens is 2. The van der Waals surface area contributed by atoms with Crippen LogP contribution in [0.15, 0.2) is 6.07 Å². The molecule has 100 valence electrons. The maximum Gasteiger partial charge on any atom is 0.223 e. The summed E-state index contributed by atoms with van der Waals surface area (Å²) in [5, 5.41) is 3.05. The lowest BCUT2D eigenvalue weighted by Gasteiger charge is -2.11. The summed E-state index contributed by atoms with van der Waals surface area (Å²) < 4.78 is 22.6. The zero-order chi connectivity index (χ0) is 13.2. The highest BCUT2D eigenvalue weighted by atomic mass is 32.2. The second-order valence-electron chi connectivity index (χ2n) is 4.29. The van der Waals surface area contributed by atoms with Crippen molar-refractivity contribution in [2.75, 3.05) is 34.5 Å². The van der Waals surface area contributed by atoms with E-state index in [0.717, 1.165) is 0 Å². The Morgan fingerprint density at radius 2 is 2.11 bits per heavy atom. The molecule has 0 saturated carbocycles. The zero-order valence-electron chi connectivity index (χ0n) is 9.76. The van der Waals surface area contributed by atoms with E-state index in [4.69, 9.17) is 11.6 Å². The summed E-state index contributed by atoms with van der Waals surface area (Å²) in [6.45, 7) is 0.541. The van der Waals surface area contributed by atoms with E-state index in [2.05, 4.69) is 20.7 Å². The van der Waals surface area contributed by atoms with Gasteiger partial charge in [-0.05, 0) is 12.3 Å². The molecule has 2 rings (SSSR count). The van der Waals surface area contributed by atoms with E-state index in [-0.39, 0.29) is 23.4 Å². The molecule has 1 atom stereocenters. The number of anilines is 3. The third-order valence-electron chi connectivity index (χ3n) is 2.79. The summed E-state index contributed by atoms with van der Waals surface area (Å²) in [5.41, 5.74) is 7.89. The van der Waals surface area contributed by atoms with Crippen molar-refractivity contribution >= 4 is 27.4 Å². The minimum absolute atomic E-state index is 0.104. The van der Waals surface area contributed by atoms with Crippen LogP contribution >= 0.6 is 0 Å². The number of nitrogens with zero attached hydrogens (tertiary/aromatic N) is 2. The molecule has 2 heterocycles. The van der Waals surface area contributed by atoms with Crippen molar-refractivity contribution < 1.29 is 8.42 Å². The Kier molecular flexibility index (Phi) is 3.53. The van der Waals surface area contributed by atoms with Crippen molar-refractivity contribution in [2.45, 2.75) is 6.42 Å². The van der Waals surface area contributed by atoms with Gasteiger partial charge in [0.05, 0.1) is 11.5 Å². The van der Waals surface area contributed by atoms with Crippen LogP contribution in [0.25, 0.3) is 0 Å². The first-order chi connectivity index (χ1) is 8.48. The molecule has 1 aliphatic heterocycles. The van der Waals surface area contributed by atoms with Gasteiger partial charge in [0.15, 0.2) is 9.84 Å². The molecule has 0 bridgehead atoms. The van der Waals surface area contributed by atoms with Crippen molar-refractivity contribution in [1.29, 1.82) is 0 Å². The molecule has 1 unspecified atom stereocenters. The van der Waals surface area contributed by atoms with Crippen LogP contribution in [0, 0.1) is 5.92 Å². The van der Waals surface area contributed by atoms with Crippen LogP contribution < -0.4 is 22.3 Å². The molecule has 0 aromatic carbocycles. The van der Waals surface area contributed by atoms with Crippen LogP contribution in [0.4, 0.5) is 17.6 Å². The number of hydrogen-bond acceptors (Lipinski definition) is 8. The van der Waals surface area contributed by atoms with Crippen molar-refractivity contribution in [3.8, 4) is 0 Å². The van der Waals surface area contributed by atoms with Gasteiger partial charge in [-0.1, -0.05) is 0 Å². The average molecular weight is 272 g/mol. The molecule has 8 nitrogen and oxygen atoms in total. The maximum absolute atomic E-state index is 11.3. The van der Waals surface area contributed by atoms with E-state index in [1.54, 1.807) is 6.07 Å². The quantitative estimate of drug-likeness (QED) is 0.413. The molecule has 9 heteroatoms. The highest BCUT2D eigenvalue weighted by Crippen LogP contribution is 2.19. The van der Waals surface area contributed by atoms with Crippen LogP contribution in [0.2, 0.25) is 0 Å². The van der Waals surface area contributed by atoms with Crippen molar-refractivity contribution in [2.24, 2.45) is 11.8 Å². The molecule has 1 aromatic rings. The molecule has 1 aliphatic rings. The molecule has 1 aromatic heterocycles. The van der Waals surface area contributed by atoms with E-state index in [1.807, 2.05) is 0 Å². The van der Waals surface area contributed by atoms with Gasteiger partial charge in [0.2, 0.25) is 5.95 Å². The Morgan fingerprint density at radius 1 is 1.39 bits per heavy atom. The summed E-state index contributed by atoms with van der Waals surface area (Å²) in [6.07, 6.45) is 0.678. The highest BCUT2D eigenvalue weighted by molar-refractivity contribution is 7.91. The number of hydrogen-bond donors (Lipinski definition) is 4. The van der Waals surface area contributed by atoms with Crippen LogP contribution in [0.5, 0.6) is 0 Å². The van der Waals surface area contributed by atoms with Crippen LogP contribution in [-0.2, 0) is 9.84 Å². The Morgan fingerprint density at radius 3 is 2.72 bits per heavy atom.